The van der Waals surface area contributed by atoms with Crippen molar-refractivity contribution in [1.29, 1.82) is 0 Å². The van der Waals surface area contributed by atoms with E-state index in [1.807, 2.05) is 0 Å². The summed E-state index contributed by atoms with van der Waals surface area (Å²) in [6.07, 6.45) is 3.56. The van der Waals surface area contributed by atoms with Crippen LogP contribution in [0.4, 0.5) is 0 Å². The van der Waals surface area contributed by atoms with E-state index in [4.69, 9.17) is 0 Å². The molecule has 0 radical (unpaired) electrons. The van der Waals surface area contributed by atoms with Gasteiger partial charge in [-0.15, -0.1) is 0 Å². The van der Waals surface area contributed by atoms with E-state index >= 15 is 0 Å². The Labute approximate surface area is 81.8 Å². The minimum atomic E-state index is 1.16. The fourth-order valence-electron chi connectivity index (χ4n) is 2.06. The molecule has 1 aromatic heterocycles. The van der Waals surface area contributed by atoms with Gasteiger partial charge in [0.1, 0.15) is 0 Å². The van der Waals surface area contributed by atoms with E-state index in [-0.39, 0.29) is 0 Å². The summed E-state index contributed by atoms with van der Waals surface area (Å²) in [7, 11) is 0. The highest BCUT2D eigenvalue weighted by molar-refractivity contribution is 5.27. The summed E-state index contributed by atoms with van der Waals surface area (Å²) in [6, 6.07) is 2.34. The Kier molecular flexibility index (Phi) is 3.58. The highest BCUT2D eigenvalue weighted by Gasteiger charge is 2.08. The molecule has 0 atom stereocenters. The number of rotatable bonds is 4. The van der Waals surface area contributed by atoms with Crippen LogP contribution in [-0.4, -0.2) is 4.57 Å². The van der Waals surface area contributed by atoms with Crippen molar-refractivity contribution >= 4 is 0 Å². The Bertz CT molecular complexity index is 271. The Balaban J connectivity index is 3.07. The fraction of sp³-hybridized carbons (Fsp3) is 0.667. The van der Waals surface area contributed by atoms with Crippen LogP contribution in [0.2, 0.25) is 0 Å². The molecular formula is C12H21N. The number of hydrogen-bond donors (Lipinski definition) is 0. The van der Waals surface area contributed by atoms with Gasteiger partial charge in [0.25, 0.3) is 0 Å². The lowest BCUT2D eigenvalue weighted by atomic mass is 10.1. The van der Waals surface area contributed by atoms with Gasteiger partial charge in [-0.1, -0.05) is 20.8 Å². The van der Waals surface area contributed by atoms with Crippen molar-refractivity contribution in [2.75, 3.05) is 0 Å². The van der Waals surface area contributed by atoms with Gasteiger partial charge in [-0.2, -0.15) is 0 Å². The third-order valence-electron chi connectivity index (χ3n) is 2.67. The first-order chi connectivity index (χ1) is 6.24. The summed E-state index contributed by atoms with van der Waals surface area (Å²) in [4.78, 5) is 0. The van der Waals surface area contributed by atoms with Crippen LogP contribution in [0.3, 0.4) is 0 Å². The lowest BCUT2D eigenvalue weighted by Crippen LogP contribution is -2.04. The maximum Gasteiger partial charge on any atom is 0.0222 e. The molecule has 0 saturated heterocycles. The minimum Gasteiger partial charge on any atom is -0.349 e. The van der Waals surface area contributed by atoms with Gasteiger partial charge in [0.15, 0.2) is 0 Å². The Morgan fingerprint density at radius 2 is 1.85 bits per heavy atom. The first-order valence-corrected chi connectivity index (χ1v) is 5.42. The molecule has 0 aromatic carbocycles. The smallest absolute Gasteiger partial charge is 0.0222 e. The van der Waals surface area contributed by atoms with E-state index in [9.17, 15) is 0 Å². The summed E-state index contributed by atoms with van der Waals surface area (Å²) < 4.78 is 2.47. The lowest BCUT2D eigenvalue weighted by Gasteiger charge is -2.09. The van der Waals surface area contributed by atoms with Crippen molar-refractivity contribution in [3.63, 3.8) is 0 Å². The van der Waals surface area contributed by atoms with Gasteiger partial charge in [0, 0.05) is 17.9 Å². The topological polar surface area (TPSA) is 4.93 Å². The van der Waals surface area contributed by atoms with Crippen LogP contribution in [0.1, 0.15) is 44.1 Å². The van der Waals surface area contributed by atoms with Gasteiger partial charge in [-0.25, -0.2) is 0 Å². The van der Waals surface area contributed by atoms with E-state index in [2.05, 4.69) is 38.3 Å². The highest BCUT2D eigenvalue weighted by Crippen LogP contribution is 2.17. The molecule has 1 rings (SSSR count). The molecule has 1 aromatic rings. The Morgan fingerprint density at radius 1 is 1.15 bits per heavy atom. The van der Waals surface area contributed by atoms with Crippen LogP contribution in [0.15, 0.2) is 6.07 Å². The van der Waals surface area contributed by atoms with Crippen LogP contribution in [0.5, 0.6) is 0 Å². The largest absolute Gasteiger partial charge is 0.349 e. The van der Waals surface area contributed by atoms with Crippen molar-refractivity contribution in [2.24, 2.45) is 0 Å². The molecule has 0 fully saturated rings. The SMILES string of the molecule is CCCn1c(C)cc(CC)c1CC. The molecule has 0 unspecified atom stereocenters. The fourth-order valence-corrected chi connectivity index (χ4v) is 2.06. The second kappa shape index (κ2) is 4.50. The number of aryl methyl sites for hydroxylation is 2. The maximum atomic E-state index is 2.47. The van der Waals surface area contributed by atoms with Crippen molar-refractivity contribution in [2.45, 2.75) is 53.5 Å². The standard InChI is InChI=1S/C12H21N/c1-5-8-13-10(4)9-11(6-2)12(13)7-3/h9H,5-8H2,1-4H3. The van der Waals surface area contributed by atoms with Crippen LogP contribution in [-0.2, 0) is 19.4 Å². The molecule has 0 aliphatic heterocycles. The number of aromatic nitrogens is 1. The van der Waals surface area contributed by atoms with Crippen LogP contribution in [0, 0.1) is 6.92 Å². The predicted molar refractivity (Wildman–Crippen MR) is 58.2 cm³/mol. The summed E-state index contributed by atoms with van der Waals surface area (Å²) in [5.41, 5.74) is 4.51. The van der Waals surface area contributed by atoms with Gasteiger partial charge in [-0.3, -0.25) is 0 Å². The van der Waals surface area contributed by atoms with Crippen molar-refractivity contribution in [3.8, 4) is 0 Å². The lowest BCUT2D eigenvalue weighted by molar-refractivity contribution is 0.634. The van der Waals surface area contributed by atoms with E-state index in [1.165, 1.54) is 30.6 Å². The van der Waals surface area contributed by atoms with Gasteiger partial charge < -0.3 is 4.57 Å². The van der Waals surface area contributed by atoms with Gasteiger partial charge in [-0.05, 0) is 37.8 Å². The second-order valence-electron chi connectivity index (χ2n) is 3.62. The van der Waals surface area contributed by atoms with E-state index in [0.29, 0.717) is 0 Å². The zero-order valence-corrected chi connectivity index (χ0v) is 9.35. The summed E-state index contributed by atoms with van der Waals surface area (Å²) >= 11 is 0. The van der Waals surface area contributed by atoms with Crippen LogP contribution >= 0.6 is 0 Å². The van der Waals surface area contributed by atoms with Gasteiger partial charge in [0.2, 0.25) is 0 Å². The molecule has 1 heterocycles. The van der Waals surface area contributed by atoms with E-state index in [1.54, 1.807) is 5.69 Å². The van der Waals surface area contributed by atoms with Gasteiger partial charge in [0.05, 0.1) is 0 Å². The summed E-state index contributed by atoms with van der Waals surface area (Å²) in [5.74, 6) is 0. The zero-order chi connectivity index (χ0) is 9.84. The molecule has 13 heavy (non-hydrogen) atoms. The molecule has 0 N–H and O–H groups in total. The van der Waals surface area contributed by atoms with Crippen LogP contribution in [0.25, 0.3) is 0 Å². The van der Waals surface area contributed by atoms with E-state index < -0.39 is 0 Å². The van der Waals surface area contributed by atoms with Gasteiger partial charge >= 0.3 is 0 Å². The average Bonchev–Trinajstić information content (AvgIpc) is 2.44. The number of hydrogen-bond acceptors (Lipinski definition) is 0. The first-order valence-electron chi connectivity index (χ1n) is 5.42. The second-order valence-corrected chi connectivity index (χ2v) is 3.62. The van der Waals surface area contributed by atoms with Crippen LogP contribution < -0.4 is 0 Å². The molecule has 74 valence electrons. The third-order valence-corrected chi connectivity index (χ3v) is 2.67. The predicted octanol–water partition coefficient (Wildman–Crippen LogP) is 3.33. The normalized spacial score (nSPS) is 10.8. The quantitative estimate of drug-likeness (QED) is 0.668. The van der Waals surface area contributed by atoms with Crippen molar-refractivity contribution < 1.29 is 0 Å². The molecule has 0 amide bonds. The maximum absolute atomic E-state index is 2.47. The highest BCUT2D eigenvalue weighted by atomic mass is 15.0. The zero-order valence-electron chi connectivity index (χ0n) is 9.35. The molecule has 0 bridgehead atoms. The first kappa shape index (κ1) is 10.4. The van der Waals surface area contributed by atoms with Crippen molar-refractivity contribution in [3.05, 3.63) is 23.0 Å². The molecule has 1 heteroatoms. The molecule has 1 nitrogen and oxygen atoms in total. The van der Waals surface area contributed by atoms with Crippen molar-refractivity contribution in [1.82, 2.24) is 4.57 Å². The molecule has 0 aliphatic carbocycles. The molecule has 0 spiro atoms. The summed E-state index contributed by atoms with van der Waals surface area (Å²) in [5, 5.41) is 0. The monoisotopic (exact) mass is 179 g/mol. The average molecular weight is 179 g/mol. The Morgan fingerprint density at radius 3 is 2.31 bits per heavy atom. The summed E-state index contributed by atoms with van der Waals surface area (Å²) in [6.45, 7) is 10.1. The molecule has 0 aliphatic rings. The minimum absolute atomic E-state index is 1.16. The third kappa shape index (κ3) is 1.96. The molecule has 0 saturated carbocycles. The number of nitrogens with zero attached hydrogens (tertiary/aromatic N) is 1. The Hall–Kier alpha value is -0.720. The molecular weight excluding hydrogens is 158 g/mol. The van der Waals surface area contributed by atoms with E-state index in [0.717, 1.165) is 6.42 Å².